The summed E-state index contributed by atoms with van der Waals surface area (Å²) in [6.45, 7) is 2.85. The first-order chi connectivity index (χ1) is 9.24. The number of aromatic nitrogens is 2. The highest BCUT2D eigenvalue weighted by atomic mass is 79.9. The highest BCUT2D eigenvalue weighted by Gasteiger charge is 2.08. The monoisotopic (exact) mass is 338 g/mol. The van der Waals surface area contributed by atoms with Crippen LogP contribution in [0.25, 0.3) is 0 Å². The van der Waals surface area contributed by atoms with Crippen LogP contribution in [0.4, 0.5) is 17.3 Å². The number of nitrogens with zero attached hydrogens (tertiary/aromatic N) is 2. The number of hydrogen-bond donors (Lipinski definition) is 2. The smallest absolute Gasteiger partial charge is 0.150 e. The molecule has 1 aromatic heterocycles. The van der Waals surface area contributed by atoms with Gasteiger partial charge >= 0.3 is 0 Å². The molecule has 0 aliphatic rings. The van der Waals surface area contributed by atoms with Crippen molar-refractivity contribution in [1.29, 1.82) is 0 Å². The fourth-order valence-corrected chi connectivity index (χ4v) is 2.49. The third kappa shape index (κ3) is 3.61. The van der Waals surface area contributed by atoms with Crippen LogP contribution >= 0.6 is 27.7 Å². The minimum Gasteiger partial charge on any atom is -0.369 e. The lowest BCUT2D eigenvalue weighted by molar-refractivity contribution is 1.10. The van der Waals surface area contributed by atoms with E-state index in [0.717, 1.165) is 28.3 Å². The Hall–Kier alpha value is -1.27. The average molecular weight is 339 g/mol. The van der Waals surface area contributed by atoms with Crippen LogP contribution < -0.4 is 10.6 Å². The molecule has 0 aliphatic heterocycles. The maximum absolute atomic E-state index is 4.26. The molecule has 0 unspecified atom stereocenters. The zero-order valence-corrected chi connectivity index (χ0v) is 13.2. The second-order valence-corrected chi connectivity index (χ2v) is 5.44. The lowest BCUT2D eigenvalue weighted by atomic mass is 10.3. The van der Waals surface area contributed by atoms with E-state index >= 15 is 0 Å². The van der Waals surface area contributed by atoms with E-state index in [2.05, 4.69) is 54.9 Å². The number of thioether (sulfide) groups is 1. The Morgan fingerprint density at radius 3 is 2.79 bits per heavy atom. The second kappa shape index (κ2) is 6.77. The zero-order chi connectivity index (χ0) is 13.7. The van der Waals surface area contributed by atoms with Gasteiger partial charge in [0.2, 0.25) is 0 Å². The van der Waals surface area contributed by atoms with Crippen molar-refractivity contribution in [3.8, 4) is 0 Å². The number of nitrogens with one attached hydrogen (secondary N) is 2. The lowest BCUT2D eigenvalue weighted by Crippen LogP contribution is -2.03. The van der Waals surface area contributed by atoms with Crippen LogP contribution in [-0.4, -0.2) is 22.8 Å². The molecule has 0 spiro atoms. The molecule has 0 aliphatic carbocycles. The predicted molar refractivity (Wildman–Crippen MR) is 85.4 cm³/mol. The zero-order valence-electron chi connectivity index (χ0n) is 10.8. The number of halogens is 1. The number of rotatable bonds is 5. The van der Waals surface area contributed by atoms with Crippen molar-refractivity contribution < 1.29 is 0 Å². The molecule has 1 heterocycles. The summed E-state index contributed by atoms with van der Waals surface area (Å²) < 4.78 is 0.839. The minimum atomic E-state index is 0.754. The Bertz CT molecular complexity index is 562. The molecule has 0 atom stereocenters. The standard InChI is InChI=1S/C13H15BrN4S/c1-3-15-12-11(14)13(17-8-16-12)18-9-5-4-6-10(7-9)19-2/h4-8H,3H2,1-2H3,(H2,15,16,17,18). The molecule has 0 saturated heterocycles. The molecule has 100 valence electrons. The molecule has 0 radical (unpaired) electrons. The van der Waals surface area contributed by atoms with Gasteiger partial charge in [-0.15, -0.1) is 11.8 Å². The van der Waals surface area contributed by atoms with E-state index in [4.69, 9.17) is 0 Å². The summed E-state index contributed by atoms with van der Waals surface area (Å²) in [5, 5.41) is 6.48. The van der Waals surface area contributed by atoms with Crippen LogP contribution in [0.3, 0.4) is 0 Å². The Morgan fingerprint density at radius 2 is 2.05 bits per heavy atom. The maximum atomic E-state index is 4.26. The van der Waals surface area contributed by atoms with Gasteiger partial charge in [-0.3, -0.25) is 0 Å². The van der Waals surface area contributed by atoms with Gasteiger partial charge < -0.3 is 10.6 Å². The van der Waals surface area contributed by atoms with E-state index in [1.54, 1.807) is 18.1 Å². The summed E-state index contributed by atoms with van der Waals surface area (Å²) in [5.41, 5.74) is 1.01. The first-order valence-electron chi connectivity index (χ1n) is 5.90. The maximum Gasteiger partial charge on any atom is 0.150 e. The summed E-state index contributed by atoms with van der Waals surface area (Å²) in [5.74, 6) is 1.55. The van der Waals surface area contributed by atoms with Gasteiger partial charge in [-0.05, 0) is 47.3 Å². The van der Waals surface area contributed by atoms with Gasteiger partial charge in [0.1, 0.15) is 22.4 Å². The fraction of sp³-hybridized carbons (Fsp3) is 0.231. The Balaban J connectivity index is 2.25. The van der Waals surface area contributed by atoms with Crippen molar-refractivity contribution in [2.75, 3.05) is 23.4 Å². The molecule has 0 fully saturated rings. The van der Waals surface area contributed by atoms with E-state index in [1.807, 2.05) is 19.1 Å². The Kier molecular flexibility index (Phi) is 5.04. The first kappa shape index (κ1) is 14.1. The topological polar surface area (TPSA) is 49.8 Å². The number of hydrogen-bond acceptors (Lipinski definition) is 5. The number of anilines is 3. The van der Waals surface area contributed by atoms with Gasteiger partial charge in [-0.2, -0.15) is 0 Å². The van der Waals surface area contributed by atoms with Crippen molar-refractivity contribution in [2.45, 2.75) is 11.8 Å². The molecule has 1 aromatic carbocycles. The van der Waals surface area contributed by atoms with Crippen LogP contribution in [-0.2, 0) is 0 Å². The quantitative estimate of drug-likeness (QED) is 0.802. The van der Waals surface area contributed by atoms with Crippen LogP contribution in [0.5, 0.6) is 0 Å². The average Bonchev–Trinajstić information content (AvgIpc) is 2.44. The lowest BCUT2D eigenvalue weighted by Gasteiger charge is -2.11. The normalized spacial score (nSPS) is 10.3. The summed E-state index contributed by atoms with van der Waals surface area (Å²) in [6, 6.07) is 8.21. The van der Waals surface area contributed by atoms with Crippen molar-refractivity contribution >= 4 is 45.0 Å². The van der Waals surface area contributed by atoms with Crippen molar-refractivity contribution in [3.05, 3.63) is 35.1 Å². The van der Waals surface area contributed by atoms with E-state index in [-0.39, 0.29) is 0 Å². The van der Waals surface area contributed by atoms with Crippen molar-refractivity contribution in [1.82, 2.24) is 9.97 Å². The molecule has 4 nitrogen and oxygen atoms in total. The van der Waals surface area contributed by atoms with Crippen LogP contribution in [0.15, 0.2) is 40.0 Å². The highest BCUT2D eigenvalue weighted by Crippen LogP contribution is 2.29. The molecule has 0 amide bonds. The van der Waals surface area contributed by atoms with Crippen molar-refractivity contribution in [2.24, 2.45) is 0 Å². The van der Waals surface area contributed by atoms with Gasteiger partial charge in [-0.1, -0.05) is 6.07 Å². The first-order valence-corrected chi connectivity index (χ1v) is 7.91. The van der Waals surface area contributed by atoms with Gasteiger partial charge in [0.25, 0.3) is 0 Å². The Labute approximate surface area is 125 Å². The largest absolute Gasteiger partial charge is 0.369 e. The third-order valence-electron chi connectivity index (χ3n) is 2.47. The molecular formula is C13H15BrN4S. The van der Waals surface area contributed by atoms with Crippen LogP contribution in [0, 0.1) is 0 Å². The summed E-state index contributed by atoms with van der Waals surface area (Å²) in [4.78, 5) is 9.66. The summed E-state index contributed by atoms with van der Waals surface area (Å²) in [7, 11) is 0. The van der Waals surface area contributed by atoms with E-state index < -0.39 is 0 Å². The third-order valence-corrected chi connectivity index (χ3v) is 3.94. The van der Waals surface area contributed by atoms with Crippen LogP contribution in [0.1, 0.15) is 6.92 Å². The van der Waals surface area contributed by atoms with E-state index in [0.29, 0.717) is 0 Å². The van der Waals surface area contributed by atoms with Crippen LogP contribution in [0.2, 0.25) is 0 Å². The Morgan fingerprint density at radius 1 is 1.26 bits per heavy atom. The van der Waals surface area contributed by atoms with Gasteiger partial charge in [0.05, 0.1) is 0 Å². The van der Waals surface area contributed by atoms with Gasteiger partial charge in [0.15, 0.2) is 0 Å². The van der Waals surface area contributed by atoms with Gasteiger partial charge in [0, 0.05) is 17.1 Å². The molecule has 2 rings (SSSR count). The predicted octanol–water partition coefficient (Wildman–Crippen LogP) is 4.14. The van der Waals surface area contributed by atoms with E-state index in [1.165, 1.54) is 4.90 Å². The molecule has 2 N–H and O–H groups in total. The SMILES string of the molecule is CCNc1ncnc(Nc2cccc(SC)c2)c1Br. The molecule has 6 heteroatoms. The summed E-state index contributed by atoms with van der Waals surface area (Å²) >= 11 is 5.23. The fourth-order valence-electron chi connectivity index (χ4n) is 1.59. The summed E-state index contributed by atoms with van der Waals surface area (Å²) in [6.07, 6.45) is 3.60. The molecule has 0 saturated carbocycles. The number of benzene rings is 1. The molecule has 19 heavy (non-hydrogen) atoms. The molecule has 2 aromatic rings. The van der Waals surface area contributed by atoms with Gasteiger partial charge in [-0.25, -0.2) is 9.97 Å². The second-order valence-electron chi connectivity index (χ2n) is 3.77. The minimum absolute atomic E-state index is 0.754. The highest BCUT2D eigenvalue weighted by molar-refractivity contribution is 9.10. The van der Waals surface area contributed by atoms with Crippen molar-refractivity contribution in [3.63, 3.8) is 0 Å². The molecular weight excluding hydrogens is 324 g/mol. The molecule has 0 bridgehead atoms. The van der Waals surface area contributed by atoms with E-state index in [9.17, 15) is 0 Å².